The molecule has 0 saturated carbocycles. The number of ether oxygens (including phenoxy) is 3. The number of carbonyl (C=O) groups is 2. The lowest BCUT2D eigenvalue weighted by molar-refractivity contribution is -0.458. The monoisotopic (exact) mass is 294 g/mol. The molecule has 0 atom stereocenters. The second-order valence-corrected chi connectivity index (χ2v) is 3.60. The van der Waals surface area contributed by atoms with Gasteiger partial charge in [0.25, 0.3) is 5.92 Å². The van der Waals surface area contributed by atoms with Crippen molar-refractivity contribution in [2.75, 3.05) is 6.61 Å². The molecule has 0 aromatic heterocycles. The number of carbonyl (C=O) groups excluding carboxylic acids is 2. The minimum absolute atomic E-state index is 0.273. The van der Waals surface area contributed by atoms with E-state index in [0.29, 0.717) is 13.8 Å². The molecule has 0 amide bonds. The van der Waals surface area contributed by atoms with Crippen molar-refractivity contribution in [1.29, 1.82) is 0 Å². The quantitative estimate of drug-likeness (QED) is 0.441. The molecule has 0 aromatic carbocycles. The molecule has 0 spiro atoms. The highest BCUT2D eigenvalue weighted by Gasteiger charge is 2.65. The van der Waals surface area contributed by atoms with Crippen LogP contribution in [-0.4, -0.2) is 36.6 Å². The molecule has 0 unspecified atom stereocenters. The van der Waals surface area contributed by atoms with Crippen LogP contribution in [0.4, 0.5) is 22.0 Å². The van der Waals surface area contributed by atoms with E-state index < -0.39 is 36.6 Å². The third-order valence-corrected chi connectivity index (χ3v) is 1.42. The van der Waals surface area contributed by atoms with Crippen molar-refractivity contribution in [3.63, 3.8) is 0 Å². The molecule has 0 aliphatic carbocycles. The number of hydrogen-bond acceptors (Lipinski definition) is 5. The van der Waals surface area contributed by atoms with Crippen LogP contribution in [0.5, 0.6) is 0 Å². The van der Waals surface area contributed by atoms with Gasteiger partial charge >= 0.3 is 24.1 Å². The largest absolute Gasteiger partial charge is 0.500 e. The van der Waals surface area contributed by atoms with Gasteiger partial charge in [0.1, 0.15) is 6.61 Å². The Kier molecular flexibility index (Phi) is 5.24. The Morgan fingerprint density at radius 2 is 1.32 bits per heavy atom. The molecule has 0 N–H and O–H groups in total. The van der Waals surface area contributed by atoms with Gasteiger partial charge in [-0.2, -0.15) is 13.2 Å². The lowest BCUT2D eigenvalue weighted by Crippen LogP contribution is -2.55. The Balaban J connectivity index is 5.36. The number of alkyl halides is 5. The first-order valence-electron chi connectivity index (χ1n) is 4.77. The third kappa shape index (κ3) is 5.81. The summed E-state index contributed by atoms with van der Waals surface area (Å²) in [5, 5.41) is 0. The summed E-state index contributed by atoms with van der Waals surface area (Å²) in [6, 6.07) is 0. The summed E-state index contributed by atoms with van der Waals surface area (Å²) in [6.45, 7) is -0.363. The number of rotatable bonds is 5. The minimum atomic E-state index is -5.55. The van der Waals surface area contributed by atoms with Gasteiger partial charge in [0.2, 0.25) is 0 Å². The lowest BCUT2D eigenvalue weighted by Gasteiger charge is -2.32. The Bertz CT molecular complexity index is 330. The topological polar surface area (TPSA) is 61.8 Å². The molecule has 19 heavy (non-hydrogen) atoms. The maximum Gasteiger partial charge on any atom is 0.500 e. The molecule has 0 fully saturated rings. The number of esters is 2. The van der Waals surface area contributed by atoms with Gasteiger partial charge in [0.05, 0.1) is 0 Å². The number of halogens is 5. The van der Waals surface area contributed by atoms with Gasteiger partial charge in [-0.3, -0.25) is 14.3 Å². The van der Waals surface area contributed by atoms with E-state index >= 15 is 0 Å². The summed E-state index contributed by atoms with van der Waals surface area (Å²) in [6.07, 6.45) is -5.55. The molecule has 0 aliphatic heterocycles. The Morgan fingerprint density at radius 3 is 1.53 bits per heavy atom. The molecular weight excluding hydrogens is 283 g/mol. The van der Waals surface area contributed by atoms with Crippen LogP contribution in [0.2, 0.25) is 0 Å². The first-order chi connectivity index (χ1) is 8.29. The van der Waals surface area contributed by atoms with Crippen LogP contribution in [-0.2, 0) is 23.8 Å². The van der Waals surface area contributed by atoms with Gasteiger partial charge in [-0.25, -0.2) is 8.78 Å². The van der Waals surface area contributed by atoms with E-state index in [1.54, 1.807) is 0 Å². The molecule has 0 aliphatic rings. The highest BCUT2D eigenvalue weighted by Crippen LogP contribution is 2.37. The van der Waals surface area contributed by atoms with Gasteiger partial charge < -0.3 is 9.47 Å². The fourth-order valence-electron chi connectivity index (χ4n) is 0.877. The Labute approximate surface area is 104 Å². The summed E-state index contributed by atoms with van der Waals surface area (Å²) < 4.78 is 74.6. The van der Waals surface area contributed by atoms with E-state index in [9.17, 15) is 31.5 Å². The van der Waals surface area contributed by atoms with Gasteiger partial charge in [-0.1, -0.05) is 0 Å². The fraction of sp³-hybridized carbons (Fsp3) is 0.778. The smallest absolute Gasteiger partial charge is 0.391 e. The van der Waals surface area contributed by atoms with Crippen molar-refractivity contribution in [2.45, 2.75) is 38.8 Å². The minimum Gasteiger partial charge on any atom is -0.391 e. The van der Waals surface area contributed by atoms with Crippen molar-refractivity contribution in [1.82, 2.24) is 0 Å². The number of hydrogen-bond donors (Lipinski definition) is 0. The van der Waals surface area contributed by atoms with E-state index in [4.69, 9.17) is 0 Å². The van der Waals surface area contributed by atoms with Crippen molar-refractivity contribution in [2.24, 2.45) is 0 Å². The third-order valence-electron chi connectivity index (χ3n) is 1.42. The second kappa shape index (κ2) is 5.68. The standard InChI is InChI=1S/C9H11F5O5/c1-5(15)18-9(8(12,13)14,19-6(2)16)17-4-7(3,10)11/h4H2,1-3H3. The summed E-state index contributed by atoms with van der Waals surface area (Å²) in [5.74, 6) is -10.9. The van der Waals surface area contributed by atoms with Gasteiger partial charge in [-0.05, 0) is 0 Å². The van der Waals surface area contributed by atoms with E-state index in [-0.39, 0.29) is 6.92 Å². The van der Waals surface area contributed by atoms with E-state index in [0.717, 1.165) is 0 Å². The first kappa shape index (κ1) is 17.6. The zero-order valence-electron chi connectivity index (χ0n) is 10.1. The summed E-state index contributed by atoms with van der Waals surface area (Å²) in [4.78, 5) is 21.3. The molecule has 0 saturated heterocycles. The predicted octanol–water partition coefficient (Wildman–Crippen LogP) is 2.00. The van der Waals surface area contributed by atoms with Crippen LogP contribution < -0.4 is 0 Å². The van der Waals surface area contributed by atoms with Crippen molar-refractivity contribution < 1.29 is 45.8 Å². The molecule has 0 rings (SSSR count). The van der Waals surface area contributed by atoms with Gasteiger partial charge in [0.15, 0.2) is 0 Å². The van der Waals surface area contributed by atoms with Crippen LogP contribution in [0.3, 0.4) is 0 Å². The molecule has 0 aromatic rings. The van der Waals surface area contributed by atoms with Crippen LogP contribution in [0.15, 0.2) is 0 Å². The average Bonchev–Trinajstić information content (AvgIpc) is 2.09. The van der Waals surface area contributed by atoms with Gasteiger partial charge in [-0.15, -0.1) is 0 Å². The highest BCUT2D eigenvalue weighted by molar-refractivity contribution is 5.68. The lowest BCUT2D eigenvalue weighted by atomic mass is 10.4. The van der Waals surface area contributed by atoms with Crippen LogP contribution >= 0.6 is 0 Å². The maximum atomic E-state index is 12.7. The van der Waals surface area contributed by atoms with E-state index in [1.807, 2.05) is 0 Å². The zero-order chi connectivity index (χ0) is 15.5. The molecule has 112 valence electrons. The summed E-state index contributed by atoms with van der Waals surface area (Å²) >= 11 is 0. The van der Waals surface area contributed by atoms with E-state index in [1.165, 1.54) is 0 Å². The zero-order valence-corrected chi connectivity index (χ0v) is 10.1. The molecule has 5 nitrogen and oxygen atoms in total. The second-order valence-electron chi connectivity index (χ2n) is 3.60. The predicted molar refractivity (Wildman–Crippen MR) is 48.9 cm³/mol. The summed E-state index contributed by atoms with van der Waals surface area (Å²) in [7, 11) is 0. The average molecular weight is 294 g/mol. The molecule has 0 heterocycles. The fourth-order valence-corrected chi connectivity index (χ4v) is 0.877. The first-order valence-corrected chi connectivity index (χ1v) is 4.77. The van der Waals surface area contributed by atoms with Gasteiger partial charge in [0, 0.05) is 20.8 Å². The van der Waals surface area contributed by atoms with E-state index in [2.05, 4.69) is 14.2 Å². The normalized spacial score (nSPS) is 13.1. The Morgan fingerprint density at radius 1 is 0.947 bits per heavy atom. The Hall–Kier alpha value is -1.45. The molecule has 0 radical (unpaired) electrons. The van der Waals surface area contributed by atoms with Crippen molar-refractivity contribution in [3.8, 4) is 0 Å². The molecular formula is C9H11F5O5. The summed E-state index contributed by atoms with van der Waals surface area (Å²) in [5.41, 5.74) is 0. The van der Waals surface area contributed by atoms with Crippen LogP contribution in [0.25, 0.3) is 0 Å². The van der Waals surface area contributed by atoms with Crippen molar-refractivity contribution in [3.05, 3.63) is 0 Å². The van der Waals surface area contributed by atoms with Crippen LogP contribution in [0, 0.1) is 0 Å². The SMILES string of the molecule is CC(=O)OC(OCC(C)(F)F)(OC(C)=O)C(F)(F)F. The highest BCUT2D eigenvalue weighted by atomic mass is 19.4. The van der Waals surface area contributed by atoms with Crippen LogP contribution in [0.1, 0.15) is 20.8 Å². The molecule has 10 heteroatoms. The van der Waals surface area contributed by atoms with Crippen molar-refractivity contribution >= 4 is 11.9 Å². The maximum absolute atomic E-state index is 12.7. The molecule has 0 bridgehead atoms.